The third-order valence-corrected chi connectivity index (χ3v) is 3.20. The number of carbonyl (C=O) groups is 3. The summed E-state index contributed by atoms with van der Waals surface area (Å²) in [7, 11) is 0. The highest BCUT2D eigenvalue weighted by molar-refractivity contribution is 9.11. The molecule has 0 aromatic rings. The second-order valence-electron chi connectivity index (χ2n) is 3.55. The van der Waals surface area contributed by atoms with Crippen LogP contribution in [0.15, 0.2) is 10.7 Å². The van der Waals surface area contributed by atoms with Crippen LogP contribution in [0, 0.1) is 0 Å². The third-order valence-electron chi connectivity index (χ3n) is 2.49. The molecule has 7 heteroatoms. The van der Waals surface area contributed by atoms with Crippen LogP contribution in [0.1, 0.15) is 12.8 Å². The molecular formula is C9H10BrN3O3. The van der Waals surface area contributed by atoms with Crippen molar-refractivity contribution >= 4 is 33.8 Å². The minimum Gasteiger partial charge on any atom is -0.334 e. The van der Waals surface area contributed by atoms with Gasteiger partial charge in [0.25, 0.3) is 0 Å². The van der Waals surface area contributed by atoms with Gasteiger partial charge in [0.15, 0.2) is 0 Å². The summed E-state index contributed by atoms with van der Waals surface area (Å²) in [4.78, 5) is 35.5. The second kappa shape index (κ2) is 4.25. The van der Waals surface area contributed by atoms with Crippen molar-refractivity contribution in [1.29, 1.82) is 0 Å². The highest BCUT2D eigenvalue weighted by atomic mass is 79.9. The summed E-state index contributed by atoms with van der Waals surface area (Å²) in [5.74, 6) is -0.725. The van der Waals surface area contributed by atoms with Crippen molar-refractivity contribution in [1.82, 2.24) is 15.5 Å². The molecule has 2 N–H and O–H groups in total. The molecular weight excluding hydrogens is 278 g/mol. The van der Waals surface area contributed by atoms with E-state index in [1.807, 2.05) is 0 Å². The number of nitrogens with zero attached hydrogens (tertiary/aromatic N) is 1. The molecule has 0 spiro atoms. The summed E-state index contributed by atoms with van der Waals surface area (Å²) in [5, 5.41) is 4.83. The number of piperidine rings is 1. The van der Waals surface area contributed by atoms with Gasteiger partial charge in [0.05, 0.1) is 4.61 Å². The predicted octanol–water partition coefficient (Wildman–Crippen LogP) is 0.0531. The molecule has 4 amide bonds. The van der Waals surface area contributed by atoms with Crippen LogP contribution in [0.25, 0.3) is 0 Å². The van der Waals surface area contributed by atoms with Gasteiger partial charge in [0.1, 0.15) is 6.04 Å². The van der Waals surface area contributed by atoms with Crippen LogP contribution in [-0.4, -0.2) is 35.3 Å². The standard InChI is InChI=1S/C9H10BrN3O3/c10-6-3-4-11-9(16)13(6)5-1-2-7(14)12-8(5)15/h3,5H,1-2,4H2,(H,11,16)(H,12,14,15). The molecule has 1 atom stereocenters. The Morgan fingerprint density at radius 2 is 2.12 bits per heavy atom. The van der Waals surface area contributed by atoms with E-state index in [4.69, 9.17) is 0 Å². The van der Waals surface area contributed by atoms with E-state index in [1.54, 1.807) is 6.08 Å². The summed E-state index contributed by atoms with van der Waals surface area (Å²) < 4.78 is 0.561. The lowest BCUT2D eigenvalue weighted by atomic mass is 10.0. The van der Waals surface area contributed by atoms with Crippen LogP contribution in [0.3, 0.4) is 0 Å². The van der Waals surface area contributed by atoms with Crippen LogP contribution in [0.4, 0.5) is 4.79 Å². The number of urea groups is 1. The molecule has 2 heterocycles. The van der Waals surface area contributed by atoms with Gasteiger partial charge in [-0.3, -0.25) is 19.8 Å². The first kappa shape index (κ1) is 11.1. The van der Waals surface area contributed by atoms with Crippen molar-refractivity contribution in [2.45, 2.75) is 18.9 Å². The normalized spacial score (nSPS) is 26.1. The van der Waals surface area contributed by atoms with Gasteiger partial charge in [-0.05, 0) is 28.4 Å². The van der Waals surface area contributed by atoms with Gasteiger partial charge in [0.2, 0.25) is 11.8 Å². The molecule has 0 radical (unpaired) electrons. The monoisotopic (exact) mass is 287 g/mol. The molecule has 0 aromatic carbocycles. The Kier molecular flexibility index (Phi) is 2.95. The Hall–Kier alpha value is -1.37. The molecule has 1 fully saturated rings. The van der Waals surface area contributed by atoms with Gasteiger partial charge < -0.3 is 5.32 Å². The van der Waals surface area contributed by atoms with Gasteiger partial charge in [-0.25, -0.2) is 4.79 Å². The molecule has 2 aliphatic rings. The smallest absolute Gasteiger partial charge is 0.323 e. The fourth-order valence-corrected chi connectivity index (χ4v) is 2.29. The van der Waals surface area contributed by atoms with Crippen molar-refractivity contribution in [3.63, 3.8) is 0 Å². The molecule has 2 rings (SSSR count). The average molecular weight is 288 g/mol. The van der Waals surface area contributed by atoms with Crippen LogP contribution < -0.4 is 10.6 Å². The van der Waals surface area contributed by atoms with E-state index in [0.717, 1.165) is 0 Å². The van der Waals surface area contributed by atoms with Gasteiger partial charge in [0, 0.05) is 13.0 Å². The maximum atomic E-state index is 11.6. The summed E-state index contributed by atoms with van der Waals surface area (Å²) >= 11 is 3.23. The quantitative estimate of drug-likeness (QED) is 0.529. The van der Waals surface area contributed by atoms with Crippen molar-refractivity contribution in [3.05, 3.63) is 10.7 Å². The summed E-state index contributed by atoms with van der Waals surface area (Å²) in [6.45, 7) is 0.434. The maximum absolute atomic E-state index is 11.6. The van der Waals surface area contributed by atoms with Crippen LogP contribution in [0.5, 0.6) is 0 Å². The minimum absolute atomic E-state index is 0.250. The number of amides is 4. The molecule has 0 bridgehead atoms. The lowest BCUT2D eigenvalue weighted by molar-refractivity contribution is -0.136. The van der Waals surface area contributed by atoms with Gasteiger partial charge in [-0.15, -0.1) is 0 Å². The van der Waals surface area contributed by atoms with Crippen molar-refractivity contribution in [2.24, 2.45) is 0 Å². The molecule has 0 aliphatic carbocycles. The fraction of sp³-hybridized carbons (Fsp3) is 0.444. The number of hydrogen-bond acceptors (Lipinski definition) is 3. The Balaban J connectivity index is 2.20. The maximum Gasteiger partial charge on any atom is 0.323 e. The Labute approximate surface area is 100 Å². The van der Waals surface area contributed by atoms with E-state index in [-0.39, 0.29) is 18.4 Å². The van der Waals surface area contributed by atoms with E-state index in [9.17, 15) is 14.4 Å². The molecule has 0 saturated carbocycles. The van der Waals surface area contributed by atoms with Gasteiger partial charge >= 0.3 is 6.03 Å². The Morgan fingerprint density at radius 3 is 2.75 bits per heavy atom. The van der Waals surface area contributed by atoms with Gasteiger partial charge in [-0.1, -0.05) is 0 Å². The first-order valence-corrected chi connectivity index (χ1v) is 5.65. The SMILES string of the molecule is O=C1CCC(N2C(=O)NCC=C2Br)C(=O)N1. The minimum atomic E-state index is -0.622. The number of imide groups is 1. The zero-order valence-electron chi connectivity index (χ0n) is 8.33. The number of hydrogen-bond donors (Lipinski definition) is 2. The molecule has 0 aromatic heterocycles. The largest absolute Gasteiger partial charge is 0.334 e. The molecule has 16 heavy (non-hydrogen) atoms. The number of halogens is 1. The van der Waals surface area contributed by atoms with E-state index >= 15 is 0 Å². The van der Waals surface area contributed by atoms with Crippen molar-refractivity contribution < 1.29 is 14.4 Å². The first-order chi connectivity index (χ1) is 7.59. The molecule has 6 nitrogen and oxygen atoms in total. The van der Waals surface area contributed by atoms with Crippen LogP contribution in [-0.2, 0) is 9.59 Å². The van der Waals surface area contributed by atoms with Gasteiger partial charge in [-0.2, -0.15) is 0 Å². The van der Waals surface area contributed by atoms with Crippen LogP contribution in [0.2, 0.25) is 0 Å². The zero-order valence-corrected chi connectivity index (χ0v) is 9.91. The fourth-order valence-electron chi connectivity index (χ4n) is 1.72. The van der Waals surface area contributed by atoms with E-state index in [2.05, 4.69) is 26.6 Å². The van der Waals surface area contributed by atoms with E-state index < -0.39 is 11.9 Å². The predicted molar refractivity (Wildman–Crippen MR) is 58.4 cm³/mol. The van der Waals surface area contributed by atoms with E-state index in [1.165, 1.54) is 4.90 Å². The number of rotatable bonds is 1. The molecule has 1 saturated heterocycles. The summed E-state index contributed by atoms with van der Waals surface area (Å²) in [6.07, 6.45) is 2.35. The zero-order chi connectivity index (χ0) is 11.7. The lowest BCUT2D eigenvalue weighted by Crippen LogP contribution is -2.56. The molecule has 86 valence electrons. The third kappa shape index (κ3) is 1.95. The number of nitrogens with one attached hydrogen (secondary N) is 2. The Morgan fingerprint density at radius 1 is 1.38 bits per heavy atom. The highest BCUT2D eigenvalue weighted by Crippen LogP contribution is 2.23. The van der Waals surface area contributed by atoms with E-state index in [0.29, 0.717) is 17.6 Å². The van der Waals surface area contributed by atoms with Crippen molar-refractivity contribution in [2.75, 3.05) is 6.54 Å². The lowest BCUT2D eigenvalue weighted by Gasteiger charge is -2.34. The highest BCUT2D eigenvalue weighted by Gasteiger charge is 2.36. The van der Waals surface area contributed by atoms with Crippen molar-refractivity contribution in [3.8, 4) is 0 Å². The van der Waals surface area contributed by atoms with Crippen LogP contribution >= 0.6 is 15.9 Å². The Bertz CT molecular complexity index is 393. The summed E-state index contributed by atoms with van der Waals surface area (Å²) in [5.41, 5.74) is 0. The summed E-state index contributed by atoms with van der Waals surface area (Å²) in [6, 6.07) is -0.951. The molecule has 2 aliphatic heterocycles. The molecule has 1 unspecified atom stereocenters. The average Bonchev–Trinajstić information content (AvgIpc) is 2.20. The first-order valence-electron chi connectivity index (χ1n) is 4.86. The number of carbonyl (C=O) groups excluding carboxylic acids is 3. The topological polar surface area (TPSA) is 78.5 Å². The second-order valence-corrected chi connectivity index (χ2v) is 4.36.